The second kappa shape index (κ2) is 5.81. The van der Waals surface area contributed by atoms with Crippen molar-refractivity contribution in [2.75, 3.05) is 5.43 Å². The number of anilines is 1. The van der Waals surface area contributed by atoms with E-state index in [1.807, 2.05) is 30.3 Å². The van der Waals surface area contributed by atoms with Crippen molar-refractivity contribution in [2.45, 2.75) is 0 Å². The average molecular weight is 298 g/mol. The highest BCUT2D eigenvalue weighted by molar-refractivity contribution is 6.30. The average Bonchev–Trinajstić information content (AvgIpc) is 2.51. The standard InChI is InChI=1S/C16H12ClN3O/c17-13-6-7-15(21)12(9-13)10-19-20-14-5-1-3-11-4-2-8-18-16(11)14/h1-10,20-21H/b19-10+. The van der Waals surface area contributed by atoms with Crippen LogP contribution in [0.3, 0.4) is 0 Å². The number of hydrogen-bond acceptors (Lipinski definition) is 4. The van der Waals surface area contributed by atoms with E-state index in [9.17, 15) is 5.11 Å². The van der Waals surface area contributed by atoms with Gasteiger partial charge < -0.3 is 5.11 Å². The third-order valence-corrected chi connectivity index (χ3v) is 3.25. The van der Waals surface area contributed by atoms with E-state index in [1.54, 1.807) is 18.3 Å². The summed E-state index contributed by atoms with van der Waals surface area (Å²) in [7, 11) is 0. The summed E-state index contributed by atoms with van der Waals surface area (Å²) >= 11 is 5.89. The molecule has 4 nitrogen and oxygen atoms in total. The molecule has 21 heavy (non-hydrogen) atoms. The molecule has 3 aromatic rings. The van der Waals surface area contributed by atoms with Crippen LogP contribution in [0.5, 0.6) is 5.75 Å². The smallest absolute Gasteiger partial charge is 0.124 e. The number of halogens is 1. The summed E-state index contributed by atoms with van der Waals surface area (Å²) in [5, 5.41) is 15.4. The van der Waals surface area contributed by atoms with Crippen molar-refractivity contribution in [3.8, 4) is 5.75 Å². The van der Waals surface area contributed by atoms with Crippen LogP contribution >= 0.6 is 11.6 Å². The minimum atomic E-state index is 0.126. The van der Waals surface area contributed by atoms with E-state index in [4.69, 9.17) is 11.6 Å². The molecule has 0 saturated heterocycles. The maximum atomic E-state index is 9.71. The van der Waals surface area contributed by atoms with E-state index >= 15 is 0 Å². The first-order chi connectivity index (χ1) is 10.2. The molecule has 0 spiro atoms. The van der Waals surface area contributed by atoms with Gasteiger partial charge >= 0.3 is 0 Å². The summed E-state index contributed by atoms with van der Waals surface area (Å²) in [6.45, 7) is 0. The summed E-state index contributed by atoms with van der Waals surface area (Å²) in [5.74, 6) is 0.126. The highest BCUT2D eigenvalue weighted by atomic mass is 35.5. The van der Waals surface area contributed by atoms with Gasteiger partial charge in [-0.05, 0) is 30.3 Å². The van der Waals surface area contributed by atoms with Crippen molar-refractivity contribution < 1.29 is 5.11 Å². The fourth-order valence-corrected chi connectivity index (χ4v) is 2.18. The largest absolute Gasteiger partial charge is 0.507 e. The Morgan fingerprint density at radius 3 is 2.90 bits per heavy atom. The first-order valence-electron chi connectivity index (χ1n) is 6.35. The lowest BCUT2D eigenvalue weighted by molar-refractivity contribution is 0.474. The molecule has 0 saturated carbocycles. The molecule has 0 radical (unpaired) electrons. The monoisotopic (exact) mass is 297 g/mol. The Bertz CT molecular complexity index is 812. The third-order valence-electron chi connectivity index (χ3n) is 3.01. The van der Waals surface area contributed by atoms with Crippen molar-refractivity contribution >= 4 is 34.4 Å². The molecule has 0 amide bonds. The number of rotatable bonds is 3. The lowest BCUT2D eigenvalue weighted by atomic mass is 10.2. The summed E-state index contributed by atoms with van der Waals surface area (Å²) in [4.78, 5) is 4.33. The Morgan fingerprint density at radius 1 is 1.14 bits per heavy atom. The number of nitrogens with zero attached hydrogens (tertiary/aromatic N) is 2. The fourth-order valence-electron chi connectivity index (χ4n) is 1.99. The van der Waals surface area contributed by atoms with Gasteiger partial charge in [0.05, 0.1) is 17.4 Å². The maximum Gasteiger partial charge on any atom is 0.124 e. The molecular formula is C16H12ClN3O. The summed E-state index contributed by atoms with van der Waals surface area (Å²) in [6, 6.07) is 14.5. The predicted molar refractivity (Wildman–Crippen MR) is 86.1 cm³/mol. The Kier molecular flexibility index (Phi) is 3.71. The molecular weight excluding hydrogens is 286 g/mol. The molecule has 0 atom stereocenters. The molecule has 0 bridgehead atoms. The molecule has 0 aliphatic rings. The molecule has 104 valence electrons. The van der Waals surface area contributed by atoms with Gasteiger partial charge in [-0.2, -0.15) is 5.10 Å². The van der Waals surface area contributed by atoms with E-state index in [0.29, 0.717) is 10.6 Å². The zero-order valence-corrected chi connectivity index (χ0v) is 11.7. The normalized spacial score (nSPS) is 11.1. The quantitative estimate of drug-likeness (QED) is 0.566. The molecule has 0 aliphatic carbocycles. The van der Waals surface area contributed by atoms with Crippen LogP contribution in [-0.4, -0.2) is 16.3 Å². The van der Waals surface area contributed by atoms with Crippen LogP contribution in [0.1, 0.15) is 5.56 Å². The van der Waals surface area contributed by atoms with E-state index in [1.165, 1.54) is 12.3 Å². The minimum absolute atomic E-state index is 0.126. The van der Waals surface area contributed by atoms with Crippen LogP contribution in [0, 0.1) is 0 Å². The number of para-hydroxylation sites is 1. The summed E-state index contributed by atoms with van der Waals surface area (Å²) in [6.07, 6.45) is 3.25. The Hall–Kier alpha value is -2.59. The molecule has 0 aliphatic heterocycles. The molecule has 2 aromatic carbocycles. The first kappa shape index (κ1) is 13.4. The first-order valence-corrected chi connectivity index (χ1v) is 6.73. The fraction of sp³-hybridized carbons (Fsp3) is 0. The summed E-state index contributed by atoms with van der Waals surface area (Å²) in [5.41, 5.74) is 5.12. The molecule has 5 heteroatoms. The number of phenolic OH excluding ortho intramolecular Hbond substituents is 1. The Labute approximate surface area is 126 Å². The van der Waals surface area contributed by atoms with E-state index in [0.717, 1.165) is 16.6 Å². The molecule has 3 rings (SSSR count). The summed E-state index contributed by atoms with van der Waals surface area (Å²) < 4.78 is 0. The minimum Gasteiger partial charge on any atom is -0.507 e. The lowest BCUT2D eigenvalue weighted by Crippen LogP contribution is -1.93. The number of fused-ring (bicyclic) bond motifs is 1. The number of aromatic hydroxyl groups is 1. The van der Waals surface area contributed by atoms with Crippen LogP contribution in [0.4, 0.5) is 5.69 Å². The number of aromatic nitrogens is 1. The van der Waals surface area contributed by atoms with Crippen molar-refractivity contribution in [3.05, 3.63) is 65.3 Å². The number of hydrogen-bond donors (Lipinski definition) is 2. The molecule has 0 unspecified atom stereocenters. The Morgan fingerprint density at radius 2 is 2.00 bits per heavy atom. The topological polar surface area (TPSA) is 57.5 Å². The van der Waals surface area contributed by atoms with Crippen LogP contribution in [0.2, 0.25) is 5.02 Å². The van der Waals surface area contributed by atoms with Gasteiger partial charge in [0, 0.05) is 22.2 Å². The zero-order chi connectivity index (χ0) is 14.7. The van der Waals surface area contributed by atoms with Gasteiger partial charge in [0.15, 0.2) is 0 Å². The second-order valence-corrected chi connectivity index (χ2v) is 4.89. The van der Waals surface area contributed by atoms with Crippen molar-refractivity contribution in [1.82, 2.24) is 4.98 Å². The van der Waals surface area contributed by atoms with Gasteiger partial charge in [-0.3, -0.25) is 10.4 Å². The highest BCUT2D eigenvalue weighted by Gasteiger charge is 2.01. The number of phenols is 1. The van der Waals surface area contributed by atoms with E-state index < -0.39 is 0 Å². The van der Waals surface area contributed by atoms with Gasteiger partial charge in [-0.15, -0.1) is 0 Å². The van der Waals surface area contributed by atoms with Gasteiger partial charge in [-0.1, -0.05) is 29.8 Å². The number of pyridine rings is 1. The van der Waals surface area contributed by atoms with Crippen molar-refractivity contribution in [1.29, 1.82) is 0 Å². The molecule has 1 aromatic heterocycles. The second-order valence-electron chi connectivity index (χ2n) is 4.45. The van der Waals surface area contributed by atoms with Crippen molar-refractivity contribution in [2.24, 2.45) is 5.10 Å². The van der Waals surface area contributed by atoms with Crippen LogP contribution < -0.4 is 5.43 Å². The van der Waals surface area contributed by atoms with Crippen LogP contribution in [0.15, 0.2) is 59.8 Å². The molecule has 2 N–H and O–H groups in total. The third kappa shape index (κ3) is 2.95. The van der Waals surface area contributed by atoms with Crippen LogP contribution in [0.25, 0.3) is 10.9 Å². The van der Waals surface area contributed by atoms with E-state index in [2.05, 4.69) is 15.5 Å². The zero-order valence-electron chi connectivity index (χ0n) is 11.0. The lowest BCUT2D eigenvalue weighted by Gasteiger charge is -2.04. The number of nitrogens with one attached hydrogen (secondary N) is 1. The molecule has 0 fully saturated rings. The predicted octanol–water partition coefficient (Wildman–Crippen LogP) is 4.04. The van der Waals surface area contributed by atoms with E-state index in [-0.39, 0.29) is 5.75 Å². The number of hydrazone groups is 1. The number of benzene rings is 2. The highest BCUT2D eigenvalue weighted by Crippen LogP contribution is 2.22. The van der Waals surface area contributed by atoms with Crippen LogP contribution in [-0.2, 0) is 0 Å². The van der Waals surface area contributed by atoms with Gasteiger partial charge in [0.2, 0.25) is 0 Å². The van der Waals surface area contributed by atoms with Crippen molar-refractivity contribution in [3.63, 3.8) is 0 Å². The Balaban J connectivity index is 1.86. The maximum absolute atomic E-state index is 9.71. The van der Waals surface area contributed by atoms with Gasteiger partial charge in [0.25, 0.3) is 0 Å². The SMILES string of the molecule is Oc1ccc(Cl)cc1/C=N/Nc1cccc2cccnc12. The van der Waals surface area contributed by atoms with Gasteiger partial charge in [0.1, 0.15) is 5.75 Å². The molecule has 1 heterocycles. The van der Waals surface area contributed by atoms with Gasteiger partial charge in [-0.25, -0.2) is 0 Å².